The molecule has 0 aromatic rings. The van der Waals surface area contributed by atoms with Gasteiger partial charge >= 0.3 is 0 Å². The Morgan fingerprint density at radius 3 is 2.64 bits per heavy atom. The summed E-state index contributed by atoms with van der Waals surface area (Å²) in [5.41, 5.74) is 0. The molecule has 0 fully saturated rings. The lowest BCUT2D eigenvalue weighted by atomic mass is 10.3. The van der Waals surface area contributed by atoms with Crippen molar-refractivity contribution in [2.24, 2.45) is 0 Å². The van der Waals surface area contributed by atoms with E-state index in [0.29, 0.717) is 6.54 Å². The molecule has 0 heterocycles. The van der Waals surface area contributed by atoms with Crippen LogP contribution >= 0.6 is 0 Å². The van der Waals surface area contributed by atoms with Crippen LogP contribution in [0.1, 0.15) is 19.8 Å². The molecule has 0 amide bonds. The van der Waals surface area contributed by atoms with Crippen molar-refractivity contribution >= 4 is 0 Å². The molecule has 0 atom stereocenters. The molecule has 0 spiro atoms. The fraction of sp³-hybridized carbons (Fsp3) is 0.667. The minimum absolute atomic E-state index is 0.496. The molecule has 0 aliphatic heterocycles. The average molecular weight is 150 g/mol. The second-order valence-electron chi connectivity index (χ2n) is 2.39. The third kappa shape index (κ3) is 5.45. The van der Waals surface area contributed by atoms with E-state index < -0.39 is 0 Å². The van der Waals surface area contributed by atoms with Gasteiger partial charge in [-0.25, -0.2) is 0 Å². The Kier molecular flexibility index (Phi) is 6.48. The van der Waals surface area contributed by atoms with Gasteiger partial charge < -0.3 is 0 Å². The molecule has 11 heavy (non-hydrogen) atoms. The van der Waals surface area contributed by atoms with E-state index in [4.69, 9.17) is 11.7 Å². The van der Waals surface area contributed by atoms with E-state index in [1.54, 1.807) is 0 Å². The zero-order chi connectivity index (χ0) is 8.53. The summed E-state index contributed by atoms with van der Waals surface area (Å²) in [4.78, 5) is 2.07. The van der Waals surface area contributed by atoms with Gasteiger partial charge in [0.05, 0.1) is 12.6 Å². The van der Waals surface area contributed by atoms with Gasteiger partial charge in [-0.3, -0.25) is 4.90 Å². The van der Waals surface area contributed by atoms with Crippen LogP contribution in [0.2, 0.25) is 0 Å². The standard InChI is InChI=1S/C9H14N2/c1-3-5-8-11(7-4-2)9-6-10/h1H,4-5,7-9H2,2H3. The van der Waals surface area contributed by atoms with Crippen LogP contribution in [0.3, 0.4) is 0 Å². The van der Waals surface area contributed by atoms with Crippen molar-refractivity contribution in [3.8, 4) is 18.4 Å². The number of hydrogen-bond donors (Lipinski definition) is 0. The van der Waals surface area contributed by atoms with Crippen molar-refractivity contribution in [2.45, 2.75) is 19.8 Å². The van der Waals surface area contributed by atoms with E-state index in [1.807, 2.05) is 0 Å². The summed E-state index contributed by atoms with van der Waals surface area (Å²) in [6.07, 6.45) is 6.92. The second kappa shape index (κ2) is 7.12. The maximum Gasteiger partial charge on any atom is 0.0866 e. The number of rotatable bonds is 5. The minimum Gasteiger partial charge on any atom is -0.290 e. The first-order valence-electron chi connectivity index (χ1n) is 3.88. The van der Waals surface area contributed by atoms with Crippen LogP contribution in [0.25, 0.3) is 0 Å². The third-order valence-corrected chi connectivity index (χ3v) is 1.41. The molecule has 0 saturated heterocycles. The Bertz CT molecular complexity index is 161. The molecule has 0 aromatic carbocycles. The van der Waals surface area contributed by atoms with Gasteiger partial charge in [0.15, 0.2) is 0 Å². The van der Waals surface area contributed by atoms with E-state index >= 15 is 0 Å². The van der Waals surface area contributed by atoms with Crippen LogP contribution in [-0.4, -0.2) is 24.5 Å². The van der Waals surface area contributed by atoms with E-state index in [2.05, 4.69) is 23.8 Å². The van der Waals surface area contributed by atoms with E-state index in [1.165, 1.54) is 0 Å². The van der Waals surface area contributed by atoms with Crippen LogP contribution in [0, 0.1) is 23.7 Å². The highest BCUT2D eigenvalue weighted by Gasteiger charge is 1.99. The zero-order valence-corrected chi connectivity index (χ0v) is 7.01. The Balaban J connectivity index is 3.54. The van der Waals surface area contributed by atoms with E-state index in [-0.39, 0.29) is 0 Å². The van der Waals surface area contributed by atoms with E-state index in [0.717, 1.165) is 25.9 Å². The molecule has 0 N–H and O–H groups in total. The smallest absolute Gasteiger partial charge is 0.0866 e. The van der Waals surface area contributed by atoms with Gasteiger partial charge in [0.2, 0.25) is 0 Å². The van der Waals surface area contributed by atoms with Crippen LogP contribution in [0.5, 0.6) is 0 Å². The highest BCUT2D eigenvalue weighted by Crippen LogP contribution is 1.91. The predicted octanol–water partition coefficient (Wildman–Crippen LogP) is 1.25. The summed E-state index contributed by atoms with van der Waals surface area (Å²) in [5.74, 6) is 2.56. The highest BCUT2D eigenvalue weighted by atomic mass is 15.1. The first-order valence-corrected chi connectivity index (χ1v) is 3.88. The van der Waals surface area contributed by atoms with Gasteiger partial charge in [-0.1, -0.05) is 6.92 Å². The topological polar surface area (TPSA) is 27.0 Å². The summed E-state index contributed by atoms with van der Waals surface area (Å²) < 4.78 is 0. The molecule has 60 valence electrons. The number of terminal acetylenes is 1. The number of nitrogens with zero attached hydrogens (tertiary/aromatic N) is 2. The fourth-order valence-electron chi connectivity index (χ4n) is 0.909. The highest BCUT2D eigenvalue weighted by molar-refractivity contribution is 4.86. The Hall–Kier alpha value is -0.990. The van der Waals surface area contributed by atoms with E-state index in [9.17, 15) is 0 Å². The Morgan fingerprint density at radius 1 is 1.45 bits per heavy atom. The quantitative estimate of drug-likeness (QED) is 0.435. The van der Waals surface area contributed by atoms with Crippen LogP contribution < -0.4 is 0 Å². The zero-order valence-electron chi connectivity index (χ0n) is 7.01. The molecule has 2 heteroatoms. The van der Waals surface area contributed by atoms with Crippen molar-refractivity contribution in [3.05, 3.63) is 0 Å². The first kappa shape index (κ1) is 10.0. The molecule has 0 bridgehead atoms. The van der Waals surface area contributed by atoms with Gasteiger partial charge in [0.25, 0.3) is 0 Å². The molecule has 0 unspecified atom stereocenters. The maximum atomic E-state index is 8.42. The Morgan fingerprint density at radius 2 is 2.18 bits per heavy atom. The largest absolute Gasteiger partial charge is 0.290 e. The lowest BCUT2D eigenvalue weighted by Gasteiger charge is -2.15. The SMILES string of the molecule is C#CCCN(CC#N)CCC. The molecular formula is C9H14N2. The number of nitriles is 1. The molecule has 0 rings (SSSR count). The molecule has 0 aliphatic carbocycles. The van der Waals surface area contributed by atoms with Crippen LogP contribution in [0.4, 0.5) is 0 Å². The maximum absolute atomic E-state index is 8.42. The first-order chi connectivity index (χ1) is 5.35. The minimum atomic E-state index is 0.496. The summed E-state index contributed by atoms with van der Waals surface area (Å²) >= 11 is 0. The van der Waals surface area contributed by atoms with Crippen molar-refractivity contribution in [1.29, 1.82) is 5.26 Å². The van der Waals surface area contributed by atoms with Crippen molar-refractivity contribution in [2.75, 3.05) is 19.6 Å². The van der Waals surface area contributed by atoms with Gasteiger partial charge in [-0.15, -0.1) is 12.3 Å². The Labute approximate surface area is 68.8 Å². The summed E-state index contributed by atoms with van der Waals surface area (Å²) in [5, 5.41) is 8.42. The molecule has 2 nitrogen and oxygen atoms in total. The lowest BCUT2D eigenvalue weighted by Crippen LogP contribution is -2.25. The molecular weight excluding hydrogens is 136 g/mol. The summed E-state index contributed by atoms with van der Waals surface area (Å²) in [6, 6.07) is 2.12. The second-order valence-corrected chi connectivity index (χ2v) is 2.39. The van der Waals surface area contributed by atoms with Gasteiger partial charge in [-0.2, -0.15) is 5.26 Å². The third-order valence-electron chi connectivity index (χ3n) is 1.41. The van der Waals surface area contributed by atoms with Crippen LogP contribution in [0.15, 0.2) is 0 Å². The fourth-order valence-corrected chi connectivity index (χ4v) is 0.909. The van der Waals surface area contributed by atoms with Crippen LogP contribution in [-0.2, 0) is 0 Å². The van der Waals surface area contributed by atoms with Gasteiger partial charge in [0.1, 0.15) is 0 Å². The molecule has 0 radical (unpaired) electrons. The van der Waals surface area contributed by atoms with Crippen molar-refractivity contribution in [1.82, 2.24) is 4.90 Å². The molecule has 0 aromatic heterocycles. The number of hydrogen-bond acceptors (Lipinski definition) is 2. The summed E-state index contributed by atoms with van der Waals surface area (Å²) in [7, 11) is 0. The van der Waals surface area contributed by atoms with Gasteiger partial charge in [-0.05, 0) is 13.0 Å². The van der Waals surface area contributed by atoms with Crippen molar-refractivity contribution < 1.29 is 0 Å². The van der Waals surface area contributed by atoms with Gasteiger partial charge in [0, 0.05) is 13.0 Å². The predicted molar refractivity (Wildman–Crippen MR) is 45.8 cm³/mol. The normalized spacial score (nSPS) is 9.09. The lowest BCUT2D eigenvalue weighted by molar-refractivity contribution is 0.314. The summed E-state index contributed by atoms with van der Waals surface area (Å²) in [6.45, 7) is 4.41. The molecule has 0 saturated carbocycles. The average Bonchev–Trinajstić information content (AvgIpc) is 2.01. The van der Waals surface area contributed by atoms with Crippen molar-refractivity contribution in [3.63, 3.8) is 0 Å². The monoisotopic (exact) mass is 150 g/mol. The molecule has 0 aliphatic rings.